The van der Waals surface area contributed by atoms with Crippen molar-refractivity contribution in [2.45, 2.75) is 26.3 Å². The standard InChI is InChI=1S/C23H25FN4O3/c1-14-7-8-16(11-19(14)24)22(30)25-9-10-26-23(31)21(28-15(2)29)12-17-13-27-20-6-4-3-5-18(17)20/h3-8,11,13,21,27H,9-10,12H2,1-2H3,(H,25,30)(H,26,31)(H,28,29). The number of nitrogens with one attached hydrogen (secondary N) is 4. The van der Waals surface area contributed by atoms with E-state index in [-0.39, 0.29) is 30.5 Å². The lowest BCUT2D eigenvalue weighted by Crippen LogP contribution is -2.48. The van der Waals surface area contributed by atoms with Crippen molar-refractivity contribution in [3.8, 4) is 0 Å². The average molecular weight is 424 g/mol. The number of H-pyrrole nitrogens is 1. The number of aryl methyl sites for hydroxylation is 1. The summed E-state index contributed by atoms with van der Waals surface area (Å²) in [7, 11) is 0. The normalized spacial score (nSPS) is 11.7. The Hall–Kier alpha value is -3.68. The van der Waals surface area contributed by atoms with Gasteiger partial charge >= 0.3 is 0 Å². The topological polar surface area (TPSA) is 103 Å². The van der Waals surface area contributed by atoms with Gasteiger partial charge in [-0.2, -0.15) is 0 Å². The van der Waals surface area contributed by atoms with Crippen LogP contribution in [-0.2, 0) is 16.0 Å². The van der Waals surface area contributed by atoms with Gasteiger partial charge in [0.05, 0.1) is 0 Å². The third-order valence-electron chi connectivity index (χ3n) is 4.94. The lowest BCUT2D eigenvalue weighted by Gasteiger charge is -2.17. The van der Waals surface area contributed by atoms with Crippen LogP contribution in [0.15, 0.2) is 48.7 Å². The van der Waals surface area contributed by atoms with Crippen LogP contribution in [0.3, 0.4) is 0 Å². The number of rotatable bonds is 8. The first-order valence-electron chi connectivity index (χ1n) is 9.99. The minimum Gasteiger partial charge on any atom is -0.361 e. The number of fused-ring (bicyclic) bond motifs is 1. The molecule has 3 amide bonds. The van der Waals surface area contributed by atoms with E-state index < -0.39 is 17.8 Å². The molecule has 1 aromatic heterocycles. The molecule has 31 heavy (non-hydrogen) atoms. The summed E-state index contributed by atoms with van der Waals surface area (Å²) in [6.07, 6.45) is 2.15. The number of hydrogen-bond donors (Lipinski definition) is 4. The van der Waals surface area contributed by atoms with Gasteiger partial charge in [0.25, 0.3) is 5.91 Å². The monoisotopic (exact) mass is 424 g/mol. The van der Waals surface area contributed by atoms with Crippen LogP contribution < -0.4 is 16.0 Å². The van der Waals surface area contributed by atoms with E-state index in [2.05, 4.69) is 20.9 Å². The predicted molar refractivity (Wildman–Crippen MR) is 116 cm³/mol. The van der Waals surface area contributed by atoms with Crippen molar-refractivity contribution in [2.24, 2.45) is 0 Å². The van der Waals surface area contributed by atoms with Crippen LogP contribution in [0.2, 0.25) is 0 Å². The van der Waals surface area contributed by atoms with Crippen molar-refractivity contribution in [3.63, 3.8) is 0 Å². The first-order valence-corrected chi connectivity index (χ1v) is 9.99. The number of halogens is 1. The summed E-state index contributed by atoms with van der Waals surface area (Å²) >= 11 is 0. The molecule has 8 heteroatoms. The van der Waals surface area contributed by atoms with Crippen molar-refractivity contribution in [2.75, 3.05) is 13.1 Å². The van der Waals surface area contributed by atoms with Gasteiger partial charge in [-0.1, -0.05) is 24.3 Å². The van der Waals surface area contributed by atoms with Crippen molar-refractivity contribution in [1.82, 2.24) is 20.9 Å². The smallest absolute Gasteiger partial charge is 0.251 e. The molecule has 0 aliphatic rings. The maximum atomic E-state index is 13.6. The molecular weight excluding hydrogens is 399 g/mol. The highest BCUT2D eigenvalue weighted by Gasteiger charge is 2.21. The van der Waals surface area contributed by atoms with Crippen LogP contribution in [0.1, 0.15) is 28.4 Å². The Balaban J connectivity index is 1.55. The summed E-state index contributed by atoms with van der Waals surface area (Å²) in [5.41, 5.74) is 2.54. The fourth-order valence-corrected chi connectivity index (χ4v) is 3.30. The highest BCUT2D eigenvalue weighted by molar-refractivity contribution is 5.94. The van der Waals surface area contributed by atoms with Crippen molar-refractivity contribution in [3.05, 3.63) is 71.2 Å². The van der Waals surface area contributed by atoms with Gasteiger partial charge in [-0.15, -0.1) is 0 Å². The van der Waals surface area contributed by atoms with Crippen LogP contribution in [0.5, 0.6) is 0 Å². The lowest BCUT2D eigenvalue weighted by atomic mass is 10.0. The molecular formula is C23H25FN4O3. The molecule has 4 N–H and O–H groups in total. The van der Waals surface area contributed by atoms with Crippen molar-refractivity contribution < 1.29 is 18.8 Å². The second-order valence-corrected chi connectivity index (χ2v) is 7.33. The van der Waals surface area contributed by atoms with Crippen LogP contribution in [0, 0.1) is 12.7 Å². The number of para-hydroxylation sites is 1. The van der Waals surface area contributed by atoms with Gasteiger partial charge in [0.2, 0.25) is 11.8 Å². The van der Waals surface area contributed by atoms with Crippen LogP contribution >= 0.6 is 0 Å². The number of benzene rings is 2. The molecule has 0 fully saturated rings. The first-order chi connectivity index (χ1) is 14.8. The molecule has 0 aliphatic heterocycles. The van der Waals surface area contributed by atoms with E-state index in [1.54, 1.807) is 13.0 Å². The molecule has 3 aromatic rings. The second-order valence-electron chi connectivity index (χ2n) is 7.33. The van der Waals surface area contributed by atoms with Gasteiger partial charge in [-0.25, -0.2) is 4.39 Å². The second kappa shape index (κ2) is 9.88. The number of carbonyl (C=O) groups excluding carboxylic acids is 3. The first kappa shape index (κ1) is 22.0. The molecule has 162 valence electrons. The summed E-state index contributed by atoms with van der Waals surface area (Å²) in [5, 5.41) is 9.03. The van der Waals surface area contributed by atoms with E-state index in [0.29, 0.717) is 12.0 Å². The maximum absolute atomic E-state index is 13.6. The number of amides is 3. The van der Waals surface area contributed by atoms with E-state index in [1.807, 2.05) is 30.5 Å². The zero-order valence-corrected chi connectivity index (χ0v) is 17.4. The van der Waals surface area contributed by atoms with E-state index in [0.717, 1.165) is 16.5 Å². The van der Waals surface area contributed by atoms with E-state index in [1.165, 1.54) is 19.1 Å². The Morgan fingerprint density at radius 2 is 1.81 bits per heavy atom. The molecule has 0 bridgehead atoms. The lowest BCUT2D eigenvalue weighted by molar-refractivity contribution is -0.128. The maximum Gasteiger partial charge on any atom is 0.251 e. The van der Waals surface area contributed by atoms with Gasteiger partial charge in [-0.3, -0.25) is 14.4 Å². The molecule has 3 rings (SSSR count). The van der Waals surface area contributed by atoms with Gasteiger partial charge in [0, 0.05) is 49.1 Å². The minimum absolute atomic E-state index is 0.167. The zero-order valence-electron chi connectivity index (χ0n) is 17.4. The molecule has 1 atom stereocenters. The largest absolute Gasteiger partial charge is 0.361 e. The van der Waals surface area contributed by atoms with Crippen molar-refractivity contribution in [1.29, 1.82) is 0 Å². The molecule has 0 saturated heterocycles. The Morgan fingerprint density at radius 1 is 1.06 bits per heavy atom. The summed E-state index contributed by atoms with van der Waals surface area (Å²) in [5.74, 6) is -1.53. The molecule has 0 aliphatic carbocycles. The van der Waals surface area contributed by atoms with Gasteiger partial charge in [-0.05, 0) is 36.2 Å². The minimum atomic E-state index is -0.751. The van der Waals surface area contributed by atoms with E-state index >= 15 is 0 Å². The zero-order chi connectivity index (χ0) is 22.4. The summed E-state index contributed by atoms with van der Waals surface area (Å²) in [4.78, 5) is 39.5. The van der Waals surface area contributed by atoms with Crippen LogP contribution in [-0.4, -0.2) is 41.8 Å². The van der Waals surface area contributed by atoms with Gasteiger partial charge in [0.1, 0.15) is 11.9 Å². The summed E-state index contributed by atoms with van der Waals surface area (Å²) in [6, 6.07) is 11.2. The number of aromatic amines is 1. The molecule has 1 heterocycles. The Labute approximate surface area is 179 Å². The Bertz CT molecular complexity index is 1110. The highest BCUT2D eigenvalue weighted by Crippen LogP contribution is 2.19. The van der Waals surface area contributed by atoms with Crippen LogP contribution in [0.25, 0.3) is 10.9 Å². The summed E-state index contributed by atoms with van der Waals surface area (Å²) in [6.45, 7) is 3.31. The quantitative estimate of drug-likeness (QED) is 0.417. The SMILES string of the molecule is CC(=O)NC(Cc1c[nH]c2ccccc12)C(=O)NCCNC(=O)c1ccc(C)c(F)c1. The van der Waals surface area contributed by atoms with Crippen LogP contribution in [0.4, 0.5) is 4.39 Å². The fraction of sp³-hybridized carbons (Fsp3) is 0.261. The Morgan fingerprint density at radius 3 is 2.55 bits per heavy atom. The molecule has 0 saturated carbocycles. The predicted octanol–water partition coefficient (Wildman–Crippen LogP) is 2.21. The summed E-state index contributed by atoms with van der Waals surface area (Å²) < 4.78 is 13.6. The fourth-order valence-electron chi connectivity index (χ4n) is 3.30. The van der Waals surface area contributed by atoms with E-state index in [9.17, 15) is 18.8 Å². The molecule has 0 radical (unpaired) electrons. The molecule has 7 nitrogen and oxygen atoms in total. The number of aromatic nitrogens is 1. The third-order valence-corrected chi connectivity index (χ3v) is 4.94. The number of carbonyl (C=O) groups is 3. The number of hydrogen-bond acceptors (Lipinski definition) is 3. The molecule has 0 spiro atoms. The van der Waals surface area contributed by atoms with Crippen molar-refractivity contribution >= 4 is 28.6 Å². The third kappa shape index (κ3) is 5.69. The van der Waals surface area contributed by atoms with Gasteiger partial charge < -0.3 is 20.9 Å². The highest BCUT2D eigenvalue weighted by atomic mass is 19.1. The van der Waals surface area contributed by atoms with Gasteiger partial charge in [0.15, 0.2) is 0 Å². The molecule has 1 unspecified atom stereocenters. The average Bonchev–Trinajstić information content (AvgIpc) is 3.15. The van der Waals surface area contributed by atoms with E-state index in [4.69, 9.17) is 0 Å². The Kier molecular flexibility index (Phi) is 7.02. The molecule has 2 aromatic carbocycles.